The number of carbonyl (C=O) groups excluding carboxylic acids is 3. The molecule has 3 N–H and O–H groups in total. The third-order valence-electron chi connectivity index (χ3n) is 7.07. The minimum atomic E-state index is -0.978. The lowest BCUT2D eigenvalue weighted by Crippen LogP contribution is -2.25. The van der Waals surface area contributed by atoms with Crippen LogP contribution in [0.5, 0.6) is 0 Å². The van der Waals surface area contributed by atoms with Crippen LogP contribution in [0.4, 0.5) is 0 Å². The Morgan fingerprint density at radius 2 is 0.791 bits per heavy atom. The highest BCUT2D eigenvalue weighted by atomic mass is 16.5. The number of hydrogen-bond donors (Lipinski definition) is 3. The van der Waals surface area contributed by atoms with E-state index in [9.17, 15) is 19.2 Å². The Kier molecular flexibility index (Phi) is 31.3. The van der Waals surface area contributed by atoms with Gasteiger partial charge in [-0.05, 0) is 32.6 Å². The number of hydrogen-bond acceptors (Lipinski definition) is 7. The van der Waals surface area contributed by atoms with E-state index in [0.29, 0.717) is 71.4 Å². The number of nitrogens with one attached hydrogen (secondary N) is 2. The van der Waals surface area contributed by atoms with Gasteiger partial charge in [-0.1, -0.05) is 77.0 Å². The molecule has 10 heteroatoms. The van der Waals surface area contributed by atoms with Crippen molar-refractivity contribution in [3.8, 4) is 0 Å². The molecular weight excluding hydrogens is 552 g/mol. The maximum atomic E-state index is 12.0. The number of amides is 2. The van der Waals surface area contributed by atoms with Crippen molar-refractivity contribution in [1.29, 1.82) is 0 Å². The quantitative estimate of drug-likeness (QED) is 0.0779. The van der Waals surface area contributed by atoms with Crippen LogP contribution in [0, 0.1) is 0 Å². The molecule has 0 aliphatic rings. The van der Waals surface area contributed by atoms with E-state index < -0.39 is 5.97 Å². The van der Waals surface area contributed by atoms with Crippen LogP contribution in [0.1, 0.15) is 135 Å². The summed E-state index contributed by atoms with van der Waals surface area (Å²) in [5.41, 5.74) is 0. The van der Waals surface area contributed by atoms with Crippen LogP contribution in [-0.2, 0) is 33.4 Å². The topological polar surface area (TPSA) is 140 Å². The van der Waals surface area contributed by atoms with E-state index in [2.05, 4.69) is 10.6 Å². The average molecular weight is 615 g/mol. The highest BCUT2D eigenvalue weighted by molar-refractivity contribution is 5.80. The Bertz CT molecular complexity index is 690. The molecule has 0 aromatic rings. The molecule has 43 heavy (non-hydrogen) atoms. The van der Waals surface area contributed by atoms with Crippen LogP contribution in [0.2, 0.25) is 0 Å². The molecule has 0 aromatic heterocycles. The Hall–Kier alpha value is -2.04. The molecule has 252 valence electrons. The standard InChI is InChI=1S/C33H62N2O8/c1-30(36)18-14-12-10-8-6-4-2-3-5-7-9-11-13-15-19-31(37)34-22-16-24-41-26-28-43-29-27-42-25-17-23-35-32(38)20-21-33(39)40/h2-29H2,1H3,(H,34,37)(H,35,38)(H,39,40). The van der Waals surface area contributed by atoms with E-state index in [0.717, 1.165) is 32.1 Å². The van der Waals surface area contributed by atoms with Crippen LogP contribution in [0.25, 0.3) is 0 Å². The molecule has 10 nitrogen and oxygen atoms in total. The zero-order valence-corrected chi connectivity index (χ0v) is 27.1. The van der Waals surface area contributed by atoms with E-state index in [-0.39, 0.29) is 24.7 Å². The molecule has 0 saturated heterocycles. The number of Topliss-reactive ketones (excluding diaryl/α,β-unsaturated/α-hetero) is 1. The molecule has 0 aromatic carbocycles. The fourth-order valence-electron chi connectivity index (χ4n) is 4.52. The highest BCUT2D eigenvalue weighted by Gasteiger charge is 2.04. The van der Waals surface area contributed by atoms with Crippen molar-refractivity contribution in [2.45, 2.75) is 135 Å². The first-order valence-electron chi connectivity index (χ1n) is 16.9. The van der Waals surface area contributed by atoms with E-state index in [1.807, 2.05) is 0 Å². The van der Waals surface area contributed by atoms with Crippen molar-refractivity contribution in [2.24, 2.45) is 0 Å². The first-order valence-corrected chi connectivity index (χ1v) is 16.9. The third-order valence-corrected chi connectivity index (χ3v) is 7.07. The van der Waals surface area contributed by atoms with Crippen LogP contribution in [0.3, 0.4) is 0 Å². The maximum absolute atomic E-state index is 12.0. The van der Waals surface area contributed by atoms with Gasteiger partial charge >= 0.3 is 5.97 Å². The average Bonchev–Trinajstić information content (AvgIpc) is 2.97. The SMILES string of the molecule is CC(=O)CCCCCCCCCCCCCCCCC(=O)NCCCOCCOCCOCCCNC(=O)CCC(=O)O. The van der Waals surface area contributed by atoms with E-state index in [1.54, 1.807) is 6.92 Å². The molecule has 0 saturated carbocycles. The summed E-state index contributed by atoms with van der Waals surface area (Å²) >= 11 is 0. The number of carboxylic acid groups (broad SMARTS) is 1. The first-order chi connectivity index (χ1) is 20.9. The molecule has 0 atom stereocenters. The number of rotatable bonds is 34. The fourth-order valence-corrected chi connectivity index (χ4v) is 4.52. The van der Waals surface area contributed by atoms with Crippen molar-refractivity contribution in [2.75, 3.05) is 52.7 Å². The molecule has 0 heterocycles. The van der Waals surface area contributed by atoms with Crippen LogP contribution < -0.4 is 10.6 Å². The normalized spacial score (nSPS) is 11.0. The summed E-state index contributed by atoms with van der Waals surface area (Å²) in [6.45, 7) is 5.77. The summed E-state index contributed by atoms with van der Waals surface area (Å²) in [6.07, 6.45) is 20.0. The Balaban J connectivity index is 3.21. The summed E-state index contributed by atoms with van der Waals surface area (Å²) in [7, 11) is 0. The van der Waals surface area contributed by atoms with Gasteiger partial charge in [-0.25, -0.2) is 0 Å². The largest absolute Gasteiger partial charge is 0.481 e. The Morgan fingerprint density at radius 1 is 0.442 bits per heavy atom. The van der Waals surface area contributed by atoms with Gasteiger partial charge < -0.3 is 34.7 Å². The van der Waals surface area contributed by atoms with Crippen molar-refractivity contribution in [3.05, 3.63) is 0 Å². The minimum absolute atomic E-state index is 0.00403. The van der Waals surface area contributed by atoms with Crippen LogP contribution >= 0.6 is 0 Å². The lowest BCUT2D eigenvalue weighted by atomic mass is 10.0. The fraction of sp³-hybridized carbons (Fsp3) is 0.879. The molecule has 2 amide bonds. The lowest BCUT2D eigenvalue weighted by Gasteiger charge is -2.08. The van der Waals surface area contributed by atoms with Crippen molar-refractivity contribution in [3.63, 3.8) is 0 Å². The summed E-state index contributed by atoms with van der Waals surface area (Å²) in [5.74, 6) is -0.797. The molecular formula is C33H62N2O8. The van der Waals surface area contributed by atoms with Gasteiger partial charge in [-0.2, -0.15) is 0 Å². The molecule has 0 radical (unpaired) electrons. The van der Waals surface area contributed by atoms with Gasteiger partial charge in [0, 0.05) is 45.6 Å². The second-order valence-electron chi connectivity index (χ2n) is 11.3. The van der Waals surface area contributed by atoms with Crippen molar-refractivity contribution < 1.29 is 38.5 Å². The number of aliphatic carboxylic acids is 1. The Labute approximate surface area is 260 Å². The minimum Gasteiger partial charge on any atom is -0.481 e. The van der Waals surface area contributed by atoms with Gasteiger partial charge in [0.15, 0.2) is 0 Å². The van der Waals surface area contributed by atoms with Gasteiger partial charge in [-0.15, -0.1) is 0 Å². The van der Waals surface area contributed by atoms with E-state index >= 15 is 0 Å². The molecule has 0 aliphatic carbocycles. The molecule has 0 fully saturated rings. The number of carbonyl (C=O) groups is 4. The van der Waals surface area contributed by atoms with Gasteiger partial charge in [0.2, 0.25) is 11.8 Å². The Morgan fingerprint density at radius 3 is 1.19 bits per heavy atom. The maximum Gasteiger partial charge on any atom is 0.303 e. The number of unbranched alkanes of at least 4 members (excludes halogenated alkanes) is 13. The third kappa shape index (κ3) is 36.1. The second kappa shape index (κ2) is 32.9. The van der Waals surface area contributed by atoms with Gasteiger partial charge in [0.05, 0.1) is 32.8 Å². The molecule has 0 rings (SSSR count). The van der Waals surface area contributed by atoms with Gasteiger partial charge in [0.25, 0.3) is 0 Å². The summed E-state index contributed by atoms with van der Waals surface area (Å²) in [5, 5.41) is 14.1. The predicted molar refractivity (Wildman–Crippen MR) is 169 cm³/mol. The van der Waals surface area contributed by atoms with Crippen molar-refractivity contribution in [1.82, 2.24) is 10.6 Å². The summed E-state index contributed by atoms with van der Waals surface area (Å²) < 4.78 is 16.4. The molecule has 0 aliphatic heterocycles. The molecule has 0 spiro atoms. The van der Waals surface area contributed by atoms with Crippen LogP contribution in [-0.4, -0.2) is 81.4 Å². The summed E-state index contributed by atoms with van der Waals surface area (Å²) in [4.78, 5) is 44.6. The second-order valence-corrected chi connectivity index (χ2v) is 11.3. The predicted octanol–water partition coefficient (Wildman–Crippen LogP) is 5.74. The number of ether oxygens (including phenoxy) is 3. The van der Waals surface area contributed by atoms with Gasteiger partial charge in [-0.3, -0.25) is 14.4 Å². The molecule has 0 bridgehead atoms. The van der Waals surface area contributed by atoms with Crippen LogP contribution in [0.15, 0.2) is 0 Å². The number of carboxylic acids is 1. The highest BCUT2D eigenvalue weighted by Crippen LogP contribution is 2.13. The zero-order valence-electron chi connectivity index (χ0n) is 27.1. The first kappa shape index (κ1) is 41.0. The van der Waals surface area contributed by atoms with E-state index in [1.165, 1.54) is 70.6 Å². The number of ketones is 1. The monoisotopic (exact) mass is 614 g/mol. The van der Waals surface area contributed by atoms with Gasteiger partial charge in [0.1, 0.15) is 5.78 Å². The van der Waals surface area contributed by atoms with Crippen molar-refractivity contribution >= 4 is 23.6 Å². The smallest absolute Gasteiger partial charge is 0.303 e. The lowest BCUT2D eigenvalue weighted by molar-refractivity contribution is -0.138. The van der Waals surface area contributed by atoms with E-state index in [4.69, 9.17) is 19.3 Å². The molecule has 0 unspecified atom stereocenters. The summed E-state index contributed by atoms with van der Waals surface area (Å²) in [6, 6.07) is 0. The zero-order chi connectivity index (χ0) is 31.6.